The molecule has 1 heterocycles. The van der Waals surface area contributed by atoms with Crippen molar-refractivity contribution in [3.63, 3.8) is 0 Å². The van der Waals surface area contributed by atoms with Gasteiger partial charge in [-0.05, 0) is 24.3 Å². The van der Waals surface area contributed by atoms with Crippen LogP contribution in [0, 0.1) is 0 Å². The van der Waals surface area contributed by atoms with Gasteiger partial charge in [-0.25, -0.2) is 13.1 Å². The van der Waals surface area contributed by atoms with Crippen molar-refractivity contribution in [2.45, 2.75) is 17.9 Å². The molecule has 2 rings (SSSR count). The van der Waals surface area contributed by atoms with Gasteiger partial charge in [-0.15, -0.1) is 0 Å². The van der Waals surface area contributed by atoms with Crippen LogP contribution < -0.4 is 9.46 Å². The Morgan fingerprint density at radius 1 is 1.24 bits per heavy atom. The van der Waals surface area contributed by atoms with Crippen molar-refractivity contribution in [2.24, 2.45) is 0 Å². The lowest BCUT2D eigenvalue weighted by atomic mass is 10.3. The minimum absolute atomic E-state index is 0.0388. The minimum Gasteiger partial charge on any atom is -0.494 e. The number of ether oxygens (including phenoxy) is 1. The first-order chi connectivity index (χ1) is 10.1. The minimum atomic E-state index is -3.61. The summed E-state index contributed by atoms with van der Waals surface area (Å²) in [5.41, 5.74) is 0. The zero-order valence-corrected chi connectivity index (χ0v) is 12.0. The summed E-state index contributed by atoms with van der Waals surface area (Å²) in [6, 6.07) is 7.63. The van der Waals surface area contributed by atoms with E-state index in [-0.39, 0.29) is 18.0 Å². The zero-order chi connectivity index (χ0) is 15.1. The summed E-state index contributed by atoms with van der Waals surface area (Å²) in [6.07, 6.45) is 1.97. The normalized spacial score (nSPS) is 11.5. The van der Waals surface area contributed by atoms with Gasteiger partial charge in [0.1, 0.15) is 5.75 Å². The summed E-state index contributed by atoms with van der Waals surface area (Å²) in [5, 5.41) is 12.2. The Balaban J connectivity index is 1.96. The average Bonchev–Trinajstić information content (AvgIpc) is 3.00. The maximum absolute atomic E-state index is 12.1. The highest BCUT2D eigenvalue weighted by Gasteiger charge is 2.14. The van der Waals surface area contributed by atoms with Gasteiger partial charge < -0.3 is 14.4 Å². The first-order valence-electron chi connectivity index (χ1n) is 6.35. The fourth-order valence-electron chi connectivity index (χ4n) is 1.55. The van der Waals surface area contributed by atoms with E-state index in [2.05, 4.69) is 9.88 Å². The molecule has 0 bridgehead atoms. The molecule has 0 unspecified atom stereocenters. The highest BCUT2D eigenvalue weighted by molar-refractivity contribution is 7.89. The maximum Gasteiger partial charge on any atom is 0.240 e. The molecule has 0 aliphatic rings. The number of nitrogens with zero attached hydrogens (tertiary/aromatic N) is 1. The highest BCUT2D eigenvalue weighted by Crippen LogP contribution is 2.16. The van der Waals surface area contributed by atoms with Gasteiger partial charge in [0.05, 0.1) is 24.2 Å². The van der Waals surface area contributed by atoms with Gasteiger partial charge in [-0.2, -0.15) is 0 Å². The van der Waals surface area contributed by atoms with Gasteiger partial charge in [0.15, 0.2) is 5.76 Å². The van der Waals surface area contributed by atoms with Gasteiger partial charge in [0.2, 0.25) is 10.0 Å². The van der Waals surface area contributed by atoms with Gasteiger partial charge >= 0.3 is 0 Å². The zero-order valence-electron chi connectivity index (χ0n) is 11.2. The van der Waals surface area contributed by atoms with E-state index in [0.29, 0.717) is 24.5 Å². The Labute approximate surface area is 122 Å². The third-order valence-corrected chi connectivity index (χ3v) is 4.05. The van der Waals surface area contributed by atoms with E-state index < -0.39 is 10.0 Å². The van der Waals surface area contributed by atoms with Crippen LogP contribution in [0.25, 0.3) is 0 Å². The Morgan fingerprint density at radius 2 is 2.00 bits per heavy atom. The standard InChI is InChI=1S/C13H16N2O5S/c16-8-1-9-19-11-2-4-13(5-3-11)21(17,18)15-10-12-6-7-14-20-12/h2-7,15-16H,1,8-10H2. The number of hydrogen-bond donors (Lipinski definition) is 2. The third kappa shape index (κ3) is 4.55. The van der Waals surface area contributed by atoms with E-state index >= 15 is 0 Å². The van der Waals surface area contributed by atoms with Gasteiger partial charge in [0, 0.05) is 19.1 Å². The van der Waals surface area contributed by atoms with Gasteiger partial charge in [-0.3, -0.25) is 0 Å². The number of benzene rings is 1. The topological polar surface area (TPSA) is 102 Å². The predicted octanol–water partition coefficient (Wildman–Crippen LogP) is 0.914. The van der Waals surface area contributed by atoms with Crippen molar-refractivity contribution in [3.8, 4) is 5.75 Å². The van der Waals surface area contributed by atoms with Crippen LogP contribution in [0.1, 0.15) is 12.2 Å². The molecule has 0 saturated heterocycles. The lowest BCUT2D eigenvalue weighted by molar-refractivity contribution is 0.233. The van der Waals surface area contributed by atoms with Gasteiger partial charge in [0.25, 0.3) is 0 Å². The van der Waals surface area contributed by atoms with E-state index in [1.165, 1.54) is 18.3 Å². The van der Waals surface area contributed by atoms with Crippen LogP contribution in [0.4, 0.5) is 0 Å². The van der Waals surface area contributed by atoms with Crippen LogP contribution in [0.2, 0.25) is 0 Å². The lowest BCUT2D eigenvalue weighted by Crippen LogP contribution is -2.22. The molecule has 0 radical (unpaired) electrons. The number of aromatic nitrogens is 1. The molecular formula is C13H16N2O5S. The van der Waals surface area contributed by atoms with Crippen molar-refractivity contribution in [3.05, 3.63) is 42.3 Å². The van der Waals surface area contributed by atoms with Crippen LogP contribution in [0.15, 0.2) is 45.9 Å². The molecule has 7 nitrogen and oxygen atoms in total. The van der Waals surface area contributed by atoms with Crippen LogP contribution in [-0.4, -0.2) is 31.9 Å². The second-order valence-electron chi connectivity index (χ2n) is 4.20. The van der Waals surface area contributed by atoms with Crippen molar-refractivity contribution >= 4 is 10.0 Å². The van der Waals surface area contributed by atoms with E-state index in [4.69, 9.17) is 14.4 Å². The Hall–Kier alpha value is -1.90. The monoisotopic (exact) mass is 312 g/mol. The van der Waals surface area contributed by atoms with E-state index in [1.54, 1.807) is 18.2 Å². The second-order valence-corrected chi connectivity index (χ2v) is 5.97. The van der Waals surface area contributed by atoms with E-state index in [9.17, 15) is 8.42 Å². The van der Waals surface area contributed by atoms with Crippen LogP contribution in [-0.2, 0) is 16.6 Å². The summed E-state index contributed by atoms with van der Waals surface area (Å²) in [5.74, 6) is 0.986. The summed E-state index contributed by atoms with van der Waals surface area (Å²) in [4.78, 5) is 0.136. The molecule has 2 N–H and O–H groups in total. The second kappa shape index (κ2) is 7.21. The van der Waals surface area contributed by atoms with Crippen LogP contribution in [0.3, 0.4) is 0 Å². The molecule has 114 valence electrons. The Kier molecular flexibility index (Phi) is 5.32. The molecule has 0 aliphatic heterocycles. The smallest absolute Gasteiger partial charge is 0.240 e. The number of rotatable bonds is 8. The predicted molar refractivity (Wildman–Crippen MR) is 74.2 cm³/mol. The van der Waals surface area contributed by atoms with Gasteiger partial charge in [-0.1, -0.05) is 5.16 Å². The largest absolute Gasteiger partial charge is 0.494 e. The molecule has 1 aromatic heterocycles. The Morgan fingerprint density at radius 3 is 2.62 bits per heavy atom. The Bertz CT molecular complexity index is 638. The lowest BCUT2D eigenvalue weighted by Gasteiger charge is -2.07. The molecule has 0 saturated carbocycles. The molecule has 0 atom stereocenters. The molecule has 1 aromatic carbocycles. The summed E-state index contributed by atoms with van der Waals surface area (Å²) in [7, 11) is -3.61. The third-order valence-electron chi connectivity index (χ3n) is 2.63. The fourth-order valence-corrected chi connectivity index (χ4v) is 2.55. The average molecular weight is 312 g/mol. The molecule has 21 heavy (non-hydrogen) atoms. The quantitative estimate of drug-likeness (QED) is 0.703. The summed E-state index contributed by atoms with van der Waals surface area (Å²) >= 11 is 0. The molecule has 0 fully saturated rings. The fraction of sp³-hybridized carbons (Fsp3) is 0.308. The SMILES string of the molecule is O=S(=O)(NCc1ccno1)c1ccc(OCCCO)cc1. The first-order valence-corrected chi connectivity index (χ1v) is 7.83. The first kappa shape index (κ1) is 15.5. The van der Waals surface area contributed by atoms with Crippen molar-refractivity contribution in [1.82, 2.24) is 9.88 Å². The molecule has 8 heteroatoms. The number of aliphatic hydroxyl groups is 1. The summed E-state index contributed by atoms with van der Waals surface area (Å²) < 4.78 is 36.7. The molecule has 0 aliphatic carbocycles. The van der Waals surface area contributed by atoms with E-state index in [0.717, 1.165) is 0 Å². The number of nitrogens with one attached hydrogen (secondary N) is 1. The number of hydrogen-bond acceptors (Lipinski definition) is 6. The van der Waals surface area contributed by atoms with Crippen molar-refractivity contribution in [1.29, 1.82) is 0 Å². The molecule has 0 spiro atoms. The number of sulfonamides is 1. The van der Waals surface area contributed by atoms with Crippen molar-refractivity contribution in [2.75, 3.05) is 13.2 Å². The molecule has 2 aromatic rings. The van der Waals surface area contributed by atoms with E-state index in [1.807, 2.05) is 0 Å². The summed E-state index contributed by atoms with van der Waals surface area (Å²) in [6.45, 7) is 0.474. The van der Waals surface area contributed by atoms with Crippen LogP contribution in [0.5, 0.6) is 5.75 Å². The maximum atomic E-state index is 12.1. The highest BCUT2D eigenvalue weighted by atomic mass is 32.2. The molecular weight excluding hydrogens is 296 g/mol. The molecule has 0 amide bonds. The van der Waals surface area contributed by atoms with Crippen molar-refractivity contribution < 1.29 is 22.8 Å². The number of aliphatic hydroxyl groups excluding tert-OH is 1. The van der Waals surface area contributed by atoms with Crippen LogP contribution >= 0.6 is 0 Å².